The summed E-state index contributed by atoms with van der Waals surface area (Å²) in [5.74, 6) is -1.08. The van der Waals surface area contributed by atoms with Gasteiger partial charge in [0, 0.05) is 28.3 Å². The van der Waals surface area contributed by atoms with Crippen LogP contribution in [0.5, 0.6) is 0 Å². The van der Waals surface area contributed by atoms with Crippen LogP contribution in [-0.2, 0) is 20.7 Å². The van der Waals surface area contributed by atoms with Gasteiger partial charge in [0.25, 0.3) is 0 Å². The maximum Gasteiger partial charge on any atom is 0.310 e. The predicted molar refractivity (Wildman–Crippen MR) is 112 cm³/mol. The summed E-state index contributed by atoms with van der Waals surface area (Å²) in [7, 11) is 0. The third kappa shape index (κ3) is 5.06. The van der Waals surface area contributed by atoms with Crippen LogP contribution in [-0.4, -0.2) is 30.5 Å². The van der Waals surface area contributed by atoms with E-state index in [0.29, 0.717) is 16.8 Å². The van der Waals surface area contributed by atoms with Crippen molar-refractivity contribution < 1.29 is 23.5 Å². The predicted octanol–water partition coefficient (Wildman–Crippen LogP) is 4.39. The molecule has 0 aliphatic heterocycles. The summed E-state index contributed by atoms with van der Waals surface area (Å²) in [5, 5.41) is 3.56. The van der Waals surface area contributed by atoms with E-state index < -0.39 is 5.97 Å². The number of hydrogen-bond acceptors (Lipinski definition) is 6. The van der Waals surface area contributed by atoms with Gasteiger partial charge in [-0.25, -0.2) is 0 Å². The zero-order valence-electron chi connectivity index (χ0n) is 16.4. The summed E-state index contributed by atoms with van der Waals surface area (Å²) in [4.78, 5) is 36.8. The molecule has 3 rings (SSSR count). The van der Waals surface area contributed by atoms with Crippen molar-refractivity contribution in [2.45, 2.75) is 25.2 Å². The molecular weight excluding hydrogens is 390 g/mol. The van der Waals surface area contributed by atoms with Crippen molar-refractivity contribution >= 4 is 46.1 Å². The molecule has 6 nitrogen and oxygen atoms in total. The van der Waals surface area contributed by atoms with Gasteiger partial charge < -0.3 is 14.5 Å². The number of amides is 1. The smallest absolute Gasteiger partial charge is 0.310 e. The van der Waals surface area contributed by atoms with E-state index in [2.05, 4.69) is 5.32 Å². The zero-order valence-corrected chi connectivity index (χ0v) is 17.2. The van der Waals surface area contributed by atoms with Crippen LogP contribution in [0.2, 0.25) is 0 Å². The Balaban J connectivity index is 1.64. The fourth-order valence-corrected chi connectivity index (χ4v) is 3.47. The average molecular weight is 411 g/mol. The van der Waals surface area contributed by atoms with Crippen LogP contribution in [0.4, 0.5) is 5.69 Å². The molecule has 1 heterocycles. The van der Waals surface area contributed by atoms with Gasteiger partial charge in [-0.05, 0) is 36.9 Å². The second-order valence-electron chi connectivity index (χ2n) is 6.62. The van der Waals surface area contributed by atoms with Gasteiger partial charge in [0.05, 0.1) is 18.4 Å². The summed E-state index contributed by atoms with van der Waals surface area (Å²) >= 11 is 1.46. The van der Waals surface area contributed by atoms with Crippen LogP contribution in [0.1, 0.15) is 28.4 Å². The summed E-state index contributed by atoms with van der Waals surface area (Å²) < 4.78 is 10.6. The molecular formula is C22H21NO5S. The molecule has 0 aliphatic rings. The van der Waals surface area contributed by atoms with E-state index in [1.54, 1.807) is 18.2 Å². The fraction of sp³-hybridized carbons (Fsp3) is 0.227. The third-order valence-corrected chi connectivity index (χ3v) is 5.14. The van der Waals surface area contributed by atoms with Gasteiger partial charge in [-0.3, -0.25) is 14.4 Å². The largest absolute Gasteiger partial charge is 0.464 e. The molecule has 0 spiro atoms. The Kier molecular flexibility index (Phi) is 6.39. The van der Waals surface area contributed by atoms with Crippen molar-refractivity contribution in [1.29, 1.82) is 0 Å². The maximum absolute atomic E-state index is 12.4. The monoisotopic (exact) mass is 411 g/mol. The SMILES string of the molecule is CSc1ccc(C(=O)COC(=O)Cc2coc3cc(C)ccc23)cc1NC(C)=O. The van der Waals surface area contributed by atoms with E-state index in [1.807, 2.05) is 31.4 Å². The number of benzene rings is 2. The van der Waals surface area contributed by atoms with E-state index in [4.69, 9.17) is 9.15 Å². The number of fused-ring (bicyclic) bond motifs is 1. The zero-order chi connectivity index (χ0) is 21.0. The normalized spacial score (nSPS) is 10.7. The lowest BCUT2D eigenvalue weighted by molar-refractivity contribution is -0.141. The highest BCUT2D eigenvalue weighted by Crippen LogP contribution is 2.27. The molecule has 0 radical (unpaired) electrons. The first-order chi connectivity index (χ1) is 13.9. The second-order valence-corrected chi connectivity index (χ2v) is 7.47. The topological polar surface area (TPSA) is 85.6 Å². The minimum Gasteiger partial charge on any atom is -0.464 e. The van der Waals surface area contributed by atoms with Crippen LogP contribution in [0.3, 0.4) is 0 Å². The van der Waals surface area contributed by atoms with Gasteiger partial charge in [0.1, 0.15) is 5.58 Å². The number of nitrogens with one attached hydrogen (secondary N) is 1. The van der Waals surface area contributed by atoms with E-state index in [1.165, 1.54) is 24.9 Å². The highest BCUT2D eigenvalue weighted by molar-refractivity contribution is 7.98. The summed E-state index contributed by atoms with van der Waals surface area (Å²) in [6.45, 7) is 3.00. The molecule has 0 atom stereocenters. The number of carbonyl (C=O) groups excluding carboxylic acids is 3. The van der Waals surface area contributed by atoms with Gasteiger partial charge in [0.2, 0.25) is 5.91 Å². The molecule has 2 aromatic carbocycles. The van der Waals surface area contributed by atoms with E-state index >= 15 is 0 Å². The highest BCUT2D eigenvalue weighted by Gasteiger charge is 2.15. The second kappa shape index (κ2) is 8.96. The quantitative estimate of drug-likeness (QED) is 0.353. The molecule has 0 unspecified atom stereocenters. The molecule has 150 valence electrons. The van der Waals surface area contributed by atoms with Gasteiger partial charge in [-0.1, -0.05) is 18.2 Å². The van der Waals surface area contributed by atoms with Crippen molar-refractivity contribution in [2.24, 2.45) is 0 Å². The lowest BCUT2D eigenvalue weighted by Gasteiger charge is -2.10. The highest BCUT2D eigenvalue weighted by atomic mass is 32.2. The minimum atomic E-state index is -0.510. The lowest BCUT2D eigenvalue weighted by Crippen LogP contribution is -2.16. The molecule has 3 aromatic rings. The molecule has 7 heteroatoms. The Labute approximate surface area is 172 Å². The average Bonchev–Trinajstić information content (AvgIpc) is 3.07. The number of esters is 1. The molecule has 29 heavy (non-hydrogen) atoms. The molecule has 0 bridgehead atoms. The minimum absolute atomic E-state index is 0.0197. The number of carbonyl (C=O) groups is 3. The summed E-state index contributed by atoms with van der Waals surface area (Å²) in [6.07, 6.45) is 3.44. The third-order valence-electron chi connectivity index (χ3n) is 4.34. The first-order valence-electron chi connectivity index (χ1n) is 8.98. The Bertz CT molecular complexity index is 1090. The Morgan fingerprint density at radius 3 is 2.66 bits per heavy atom. The Morgan fingerprint density at radius 1 is 1.14 bits per heavy atom. The van der Waals surface area contributed by atoms with Gasteiger partial charge in [-0.2, -0.15) is 0 Å². The molecule has 0 saturated carbocycles. The van der Waals surface area contributed by atoms with Gasteiger partial charge >= 0.3 is 5.97 Å². The van der Waals surface area contributed by atoms with E-state index in [9.17, 15) is 14.4 Å². The molecule has 1 aromatic heterocycles. The number of thioether (sulfide) groups is 1. The molecule has 1 N–H and O–H groups in total. The van der Waals surface area contributed by atoms with E-state index in [-0.39, 0.29) is 24.7 Å². The lowest BCUT2D eigenvalue weighted by atomic mass is 10.1. The number of ether oxygens (including phenoxy) is 1. The standard InChI is InChI=1S/C22H21NO5S/c1-13-4-6-17-16(11-27-20(17)8-13)10-22(26)28-12-19(25)15-5-7-21(29-3)18(9-15)23-14(2)24/h4-9,11H,10,12H2,1-3H3,(H,23,24). The number of rotatable bonds is 7. The first-order valence-corrected chi connectivity index (χ1v) is 10.2. The number of ketones is 1. The number of hydrogen-bond donors (Lipinski definition) is 1. The van der Waals surface area contributed by atoms with Crippen LogP contribution < -0.4 is 5.32 Å². The van der Waals surface area contributed by atoms with Gasteiger partial charge in [-0.15, -0.1) is 11.8 Å². The van der Waals surface area contributed by atoms with Crippen LogP contribution in [0.15, 0.2) is 52.0 Å². The summed E-state index contributed by atoms with van der Waals surface area (Å²) in [6, 6.07) is 10.7. The number of anilines is 1. The number of Topliss-reactive ketones (excluding diaryl/α,β-unsaturated/α-hetero) is 1. The van der Waals surface area contributed by atoms with E-state index in [0.717, 1.165) is 21.4 Å². The Morgan fingerprint density at radius 2 is 1.93 bits per heavy atom. The number of aryl methyl sites for hydroxylation is 1. The molecule has 1 amide bonds. The van der Waals surface area contributed by atoms with Gasteiger partial charge in [0.15, 0.2) is 12.4 Å². The van der Waals surface area contributed by atoms with Crippen molar-refractivity contribution in [1.82, 2.24) is 0 Å². The maximum atomic E-state index is 12.4. The van der Waals surface area contributed by atoms with Crippen molar-refractivity contribution in [3.8, 4) is 0 Å². The van der Waals surface area contributed by atoms with Crippen LogP contribution in [0.25, 0.3) is 11.0 Å². The molecule has 0 fully saturated rings. The number of furan rings is 1. The van der Waals surface area contributed by atoms with Crippen molar-refractivity contribution in [2.75, 3.05) is 18.2 Å². The molecule has 0 aliphatic carbocycles. The fourth-order valence-electron chi connectivity index (χ4n) is 2.93. The van der Waals surface area contributed by atoms with Crippen molar-refractivity contribution in [3.63, 3.8) is 0 Å². The van der Waals surface area contributed by atoms with Crippen LogP contribution >= 0.6 is 11.8 Å². The summed E-state index contributed by atoms with van der Waals surface area (Å²) in [5.41, 5.74) is 3.42. The van der Waals surface area contributed by atoms with Crippen LogP contribution in [0, 0.1) is 6.92 Å². The molecule has 0 saturated heterocycles. The first kappa shape index (κ1) is 20.7. The Hall–Kier alpha value is -3.06. The van der Waals surface area contributed by atoms with Crippen molar-refractivity contribution in [3.05, 3.63) is 59.4 Å².